The van der Waals surface area contributed by atoms with E-state index in [1.165, 1.54) is 17.4 Å². The van der Waals surface area contributed by atoms with Crippen molar-refractivity contribution in [2.75, 3.05) is 11.1 Å². The highest BCUT2D eigenvalue weighted by Crippen LogP contribution is 2.25. The van der Waals surface area contributed by atoms with Gasteiger partial charge in [0.1, 0.15) is 10.6 Å². The van der Waals surface area contributed by atoms with E-state index >= 15 is 0 Å². The van der Waals surface area contributed by atoms with Gasteiger partial charge in [0.25, 0.3) is 5.56 Å². The SMILES string of the molecule is CCc1cc2c(=O)[nH]c(SCC(=O)Nc3cc(C)ccc3O)nc2s1. The van der Waals surface area contributed by atoms with Crippen molar-refractivity contribution in [1.29, 1.82) is 0 Å². The number of hydrogen-bond acceptors (Lipinski definition) is 6. The molecule has 0 aliphatic carbocycles. The third-order valence-electron chi connectivity index (χ3n) is 3.55. The molecule has 0 fully saturated rings. The second kappa shape index (κ2) is 7.28. The molecule has 0 saturated carbocycles. The Balaban J connectivity index is 1.70. The van der Waals surface area contributed by atoms with Gasteiger partial charge < -0.3 is 15.4 Å². The molecule has 0 atom stereocenters. The van der Waals surface area contributed by atoms with Gasteiger partial charge in [0.2, 0.25) is 5.91 Å². The van der Waals surface area contributed by atoms with Crippen LogP contribution in [0.15, 0.2) is 34.2 Å². The predicted molar refractivity (Wildman–Crippen MR) is 102 cm³/mol. The smallest absolute Gasteiger partial charge is 0.260 e. The Labute approximate surface area is 152 Å². The van der Waals surface area contributed by atoms with Crippen molar-refractivity contribution >= 4 is 44.9 Å². The number of aromatic amines is 1. The van der Waals surface area contributed by atoms with Gasteiger partial charge in [-0.1, -0.05) is 24.8 Å². The first-order chi connectivity index (χ1) is 12.0. The number of phenols is 1. The lowest BCUT2D eigenvalue weighted by molar-refractivity contribution is -0.113. The zero-order valence-corrected chi connectivity index (χ0v) is 15.4. The Morgan fingerprint density at radius 2 is 2.20 bits per heavy atom. The normalized spacial score (nSPS) is 11.0. The Bertz CT molecular complexity index is 994. The van der Waals surface area contributed by atoms with Gasteiger partial charge in [-0.2, -0.15) is 0 Å². The molecule has 1 aromatic carbocycles. The number of H-pyrrole nitrogens is 1. The van der Waals surface area contributed by atoms with Crippen molar-refractivity contribution in [3.63, 3.8) is 0 Å². The number of fused-ring (bicyclic) bond motifs is 1. The monoisotopic (exact) mass is 375 g/mol. The zero-order chi connectivity index (χ0) is 18.0. The fraction of sp³-hybridized carbons (Fsp3) is 0.235. The van der Waals surface area contributed by atoms with E-state index in [2.05, 4.69) is 15.3 Å². The van der Waals surface area contributed by atoms with Gasteiger partial charge in [-0.15, -0.1) is 11.3 Å². The van der Waals surface area contributed by atoms with E-state index in [0.29, 0.717) is 21.1 Å². The van der Waals surface area contributed by atoms with E-state index in [9.17, 15) is 14.7 Å². The number of nitrogens with zero attached hydrogens (tertiary/aromatic N) is 1. The summed E-state index contributed by atoms with van der Waals surface area (Å²) in [6.07, 6.45) is 0.853. The topological polar surface area (TPSA) is 95.1 Å². The lowest BCUT2D eigenvalue weighted by atomic mass is 10.2. The van der Waals surface area contributed by atoms with Crippen LogP contribution in [0.4, 0.5) is 5.69 Å². The molecule has 0 radical (unpaired) electrons. The minimum atomic E-state index is -0.283. The molecular weight excluding hydrogens is 358 g/mol. The molecule has 1 amide bonds. The highest BCUT2D eigenvalue weighted by atomic mass is 32.2. The molecule has 3 N–H and O–H groups in total. The van der Waals surface area contributed by atoms with E-state index in [1.807, 2.05) is 19.9 Å². The second-order valence-corrected chi connectivity index (χ2v) is 7.59. The standard InChI is InChI=1S/C17H17N3O3S2/c1-3-10-7-11-15(23)19-17(20-16(11)25-10)24-8-14(22)18-12-6-9(2)4-5-13(12)21/h4-7,21H,3,8H2,1-2H3,(H,18,22)(H,19,20,23). The molecule has 25 heavy (non-hydrogen) atoms. The summed E-state index contributed by atoms with van der Waals surface area (Å²) in [7, 11) is 0. The van der Waals surface area contributed by atoms with Crippen LogP contribution < -0.4 is 10.9 Å². The highest BCUT2D eigenvalue weighted by Gasteiger charge is 2.11. The number of thioether (sulfide) groups is 1. The summed E-state index contributed by atoms with van der Waals surface area (Å²) in [5, 5.41) is 13.4. The summed E-state index contributed by atoms with van der Waals surface area (Å²) in [4.78, 5) is 33.1. The minimum absolute atomic E-state index is 0.0163. The Morgan fingerprint density at radius 3 is 2.96 bits per heavy atom. The fourth-order valence-corrected chi connectivity index (χ4v) is 3.96. The molecule has 2 heterocycles. The number of rotatable bonds is 5. The first kappa shape index (κ1) is 17.5. The summed E-state index contributed by atoms with van der Waals surface area (Å²) in [5.74, 6) is -0.190. The Kier molecular flexibility index (Phi) is 5.10. The van der Waals surface area contributed by atoms with E-state index in [0.717, 1.165) is 28.6 Å². The van der Waals surface area contributed by atoms with Crippen LogP contribution in [0.1, 0.15) is 17.4 Å². The number of benzene rings is 1. The lowest BCUT2D eigenvalue weighted by Crippen LogP contribution is -2.15. The summed E-state index contributed by atoms with van der Waals surface area (Å²) >= 11 is 2.64. The largest absolute Gasteiger partial charge is 0.506 e. The maximum Gasteiger partial charge on any atom is 0.260 e. The molecule has 6 nitrogen and oxygen atoms in total. The van der Waals surface area contributed by atoms with Crippen LogP contribution in [0.2, 0.25) is 0 Å². The average molecular weight is 375 g/mol. The third kappa shape index (κ3) is 4.02. The number of carbonyl (C=O) groups excluding carboxylic acids is 1. The number of hydrogen-bond donors (Lipinski definition) is 3. The Hall–Kier alpha value is -2.32. The average Bonchev–Trinajstić information content (AvgIpc) is 3.00. The number of carbonyl (C=O) groups is 1. The van der Waals surface area contributed by atoms with Crippen molar-refractivity contribution < 1.29 is 9.90 Å². The number of amides is 1. The van der Waals surface area contributed by atoms with Gasteiger partial charge in [0, 0.05) is 4.88 Å². The van der Waals surface area contributed by atoms with Crippen molar-refractivity contribution in [1.82, 2.24) is 9.97 Å². The number of aryl methyl sites for hydroxylation is 2. The van der Waals surface area contributed by atoms with E-state index in [1.54, 1.807) is 12.1 Å². The highest BCUT2D eigenvalue weighted by molar-refractivity contribution is 7.99. The van der Waals surface area contributed by atoms with Gasteiger partial charge in [0.05, 0.1) is 16.8 Å². The number of nitrogens with one attached hydrogen (secondary N) is 2. The second-order valence-electron chi connectivity index (χ2n) is 5.51. The predicted octanol–water partition coefficient (Wildman–Crippen LogP) is 3.29. The number of phenolic OH excluding ortho intramolecular Hbond substituents is 1. The summed E-state index contributed by atoms with van der Waals surface area (Å²) in [5.41, 5.74) is 1.11. The van der Waals surface area contributed by atoms with Gasteiger partial charge in [-0.3, -0.25) is 9.59 Å². The molecule has 0 aliphatic heterocycles. The molecule has 0 bridgehead atoms. The fourth-order valence-electron chi connectivity index (χ4n) is 2.27. The third-order valence-corrected chi connectivity index (χ3v) is 5.59. The summed E-state index contributed by atoms with van der Waals surface area (Å²) in [6.45, 7) is 3.90. The van der Waals surface area contributed by atoms with Crippen LogP contribution in [0.3, 0.4) is 0 Å². The van der Waals surface area contributed by atoms with Crippen LogP contribution in [0.25, 0.3) is 10.2 Å². The molecule has 0 unspecified atom stereocenters. The van der Waals surface area contributed by atoms with E-state index < -0.39 is 0 Å². The number of aromatic nitrogens is 2. The molecule has 2 aromatic heterocycles. The number of aromatic hydroxyl groups is 1. The van der Waals surface area contributed by atoms with E-state index in [-0.39, 0.29) is 23.0 Å². The number of thiophene rings is 1. The van der Waals surface area contributed by atoms with Crippen LogP contribution in [-0.4, -0.2) is 26.7 Å². The molecule has 3 aromatic rings. The maximum absolute atomic E-state index is 12.1. The van der Waals surface area contributed by atoms with Crippen molar-refractivity contribution in [3.8, 4) is 5.75 Å². The molecule has 0 spiro atoms. The lowest BCUT2D eigenvalue weighted by Gasteiger charge is -2.07. The minimum Gasteiger partial charge on any atom is -0.506 e. The van der Waals surface area contributed by atoms with Gasteiger partial charge in [-0.25, -0.2) is 4.98 Å². The maximum atomic E-state index is 12.1. The van der Waals surface area contributed by atoms with Gasteiger partial charge in [-0.05, 0) is 37.1 Å². The van der Waals surface area contributed by atoms with Crippen molar-refractivity contribution in [3.05, 3.63) is 45.1 Å². The molecule has 3 rings (SSSR count). The summed E-state index contributed by atoms with van der Waals surface area (Å²) < 4.78 is 0. The molecule has 0 aliphatic rings. The van der Waals surface area contributed by atoms with Crippen LogP contribution in [0, 0.1) is 6.92 Å². The van der Waals surface area contributed by atoms with Crippen molar-refractivity contribution in [2.45, 2.75) is 25.4 Å². The van der Waals surface area contributed by atoms with Crippen molar-refractivity contribution in [2.24, 2.45) is 0 Å². The first-order valence-corrected chi connectivity index (χ1v) is 9.51. The number of anilines is 1. The van der Waals surface area contributed by atoms with Crippen LogP contribution in [0.5, 0.6) is 5.75 Å². The molecule has 8 heteroatoms. The molecule has 130 valence electrons. The molecular formula is C17H17N3O3S2. The summed E-state index contributed by atoms with van der Waals surface area (Å²) in [6, 6.07) is 6.85. The van der Waals surface area contributed by atoms with E-state index in [4.69, 9.17) is 0 Å². The first-order valence-electron chi connectivity index (χ1n) is 7.71. The van der Waals surface area contributed by atoms with Crippen LogP contribution in [-0.2, 0) is 11.2 Å². The Morgan fingerprint density at radius 1 is 1.40 bits per heavy atom. The molecule has 0 saturated heterocycles. The quantitative estimate of drug-likeness (QED) is 0.361. The van der Waals surface area contributed by atoms with Gasteiger partial charge in [0.15, 0.2) is 5.16 Å². The van der Waals surface area contributed by atoms with Gasteiger partial charge >= 0.3 is 0 Å². The zero-order valence-electron chi connectivity index (χ0n) is 13.8. The van der Waals surface area contributed by atoms with Crippen LogP contribution >= 0.6 is 23.1 Å².